The summed E-state index contributed by atoms with van der Waals surface area (Å²) in [7, 11) is 3.80. The lowest BCUT2D eigenvalue weighted by Crippen LogP contribution is -2.47. The van der Waals surface area contributed by atoms with Crippen LogP contribution in [-0.4, -0.2) is 110 Å². The number of piperazine rings is 1. The highest BCUT2D eigenvalue weighted by molar-refractivity contribution is 5.80. The van der Waals surface area contributed by atoms with Gasteiger partial charge in [0.1, 0.15) is 11.5 Å². The molecule has 0 amide bonds. The molecule has 5 heterocycles. The number of methoxy groups -OCH3 is 1. The van der Waals surface area contributed by atoms with Gasteiger partial charge in [-0.3, -0.25) is 14.6 Å². The van der Waals surface area contributed by atoms with Crippen LogP contribution in [0, 0.1) is 0 Å². The van der Waals surface area contributed by atoms with E-state index in [1.807, 2.05) is 24.4 Å². The number of anilines is 3. The average molecular weight is 586 g/mol. The van der Waals surface area contributed by atoms with Crippen molar-refractivity contribution in [3.05, 3.63) is 59.8 Å². The van der Waals surface area contributed by atoms with Crippen LogP contribution < -0.4 is 15.0 Å². The first-order valence-corrected chi connectivity index (χ1v) is 15.4. The number of ether oxygens (including phenoxy) is 2. The second kappa shape index (κ2) is 13.8. The predicted molar refractivity (Wildman–Crippen MR) is 169 cm³/mol. The molecule has 0 saturated carbocycles. The van der Waals surface area contributed by atoms with Crippen molar-refractivity contribution in [1.82, 2.24) is 24.7 Å². The molecule has 8 bridgehead atoms. The quantitative estimate of drug-likeness (QED) is 0.481. The minimum Gasteiger partial charge on any atom is -0.496 e. The first-order valence-electron chi connectivity index (χ1n) is 15.4. The number of morpholine rings is 1. The van der Waals surface area contributed by atoms with Gasteiger partial charge < -0.3 is 24.6 Å². The zero-order valence-corrected chi connectivity index (χ0v) is 25.4. The fraction of sp³-hybridized carbons (Fsp3) is 0.485. The summed E-state index contributed by atoms with van der Waals surface area (Å²) >= 11 is 0. The number of hydrogen-bond donors (Lipinski definition) is 1. The molecule has 10 heteroatoms. The van der Waals surface area contributed by atoms with Gasteiger partial charge in [-0.2, -0.15) is 0 Å². The molecule has 4 aliphatic heterocycles. The molecule has 0 unspecified atom stereocenters. The van der Waals surface area contributed by atoms with E-state index >= 15 is 0 Å². The molecule has 2 aromatic carbocycles. The smallest absolute Gasteiger partial charge is 0.227 e. The van der Waals surface area contributed by atoms with Crippen LogP contribution in [0.15, 0.2) is 48.7 Å². The molecule has 0 aliphatic carbocycles. The van der Waals surface area contributed by atoms with Crippen LogP contribution in [0.3, 0.4) is 0 Å². The van der Waals surface area contributed by atoms with Crippen LogP contribution in [0.4, 0.5) is 17.3 Å². The van der Waals surface area contributed by atoms with E-state index in [0.717, 1.165) is 107 Å². The summed E-state index contributed by atoms with van der Waals surface area (Å²) in [5.41, 5.74) is 6.34. The minimum absolute atomic E-state index is 0.331. The maximum absolute atomic E-state index is 12.8. The van der Waals surface area contributed by atoms with Crippen LogP contribution in [0.1, 0.15) is 24.0 Å². The number of carbonyl (C=O) groups is 1. The summed E-state index contributed by atoms with van der Waals surface area (Å²) in [5.74, 6) is 1.75. The molecule has 228 valence electrons. The third-order valence-electron chi connectivity index (χ3n) is 8.55. The average Bonchev–Trinajstić information content (AvgIpc) is 3.02. The van der Waals surface area contributed by atoms with Gasteiger partial charge in [0.2, 0.25) is 5.95 Å². The normalized spacial score (nSPS) is 22.3. The Morgan fingerprint density at radius 3 is 2.47 bits per heavy atom. The van der Waals surface area contributed by atoms with Gasteiger partial charge in [0.05, 0.1) is 32.6 Å². The van der Waals surface area contributed by atoms with Gasteiger partial charge in [0.25, 0.3) is 0 Å². The Hall–Kier alpha value is -3.57. The molecule has 4 aliphatic rings. The second-order valence-corrected chi connectivity index (χ2v) is 11.8. The van der Waals surface area contributed by atoms with Gasteiger partial charge >= 0.3 is 0 Å². The molecule has 0 atom stereocenters. The summed E-state index contributed by atoms with van der Waals surface area (Å²) in [6.07, 6.45) is 3.26. The summed E-state index contributed by atoms with van der Waals surface area (Å²) in [6, 6.07) is 14.8. The van der Waals surface area contributed by atoms with Gasteiger partial charge in [0.15, 0.2) is 0 Å². The van der Waals surface area contributed by atoms with E-state index in [2.05, 4.69) is 61.2 Å². The lowest BCUT2D eigenvalue weighted by molar-refractivity contribution is -0.120. The van der Waals surface area contributed by atoms with Gasteiger partial charge in [-0.15, -0.1) is 0 Å². The summed E-state index contributed by atoms with van der Waals surface area (Å²) in [4.78, 5) is 31.8. The Morgan fingerprint density at radius 1 is 0.884 bits per heavy atom. The Labute approximate surface area is 254 Å². The Kier molecular flexibility index (Phi) is 9.48. The van der Waals surface area contributed by atoms with Crippen molar-refractivity contribution in [2.75, 3.05) is 89.9 Å². The second-order valence-electron chi connectivity index (χ2n) is 11.8. The zero-order valence-electron chi connectivity index (χ0n) is 25.4. The fourth-order valence-electron chi connectivity index (χ4n) is 6.22. The van der Waals surface area contributed by atoms with E-state index in [1.165, 1.54) is 11.3 Å². The van der Waals surface area contributed by atoms with Crippen molar-refractivity contribution in [3.63, 3.8) is 0 Å². The maximum Gasteiger partial charge on any atom is 0.227 e. The molecule has 0 spiro atoms. The molecule has 10 nitrogen and oxygen atoms in total. The number of rotatable bonds is 2. The van der Waals surface area contributed by atoms with Gasteiger partial charge in [0, 0.05) is 87.5 Å². The zero-order chi connectivity index (χ0) is 29.6. The van der Waals surface area contributed by atoms with Crippen molar-refractivity contribution in [2.24, 2.45) is 0 Å². The van der Waals surface area contributed by atoms with Crippen molar-refractivity contribution in [3.8, 4) is 17.0 Å². The van der Waals surface area contributed by atoms with Gasteiger partial charge in [-0.25, -0.2) is 9.97 Å². The summed E-state index contributed by atoms with van der Waals surface area (Å²) in [6.45, 7) is 9.91. The highest BCUT2D eigenvalue weighted by Gasteiger charge is 2.21. The minimum atomic E-state index is 0.331. The van der Waals surface area contributed by atoms with E-state index in [1.54, 1.807) is 7.11 Å². The molecule has 1 aromatic heterocycles. The molecule has 3 aromatic rings. The molecular weight excluding hydrogens is 542 g/mol. The lowest BCUT2D eigenvalue weighted by Gasteiger charge is -2.35. The number of Topliss-reactive ketones (excluding diaryl/α,β-unsaturated/α-hetero) is 1. The van der Waals surface area contributed by atoms with E-state index in [4.69, 9.17) is 14.5 Å². The molecule has 0 radical (unpaired) electrons. The van der Waals surface area contributed by atoms with Crippen LogP contribution in [0.25, 0.3) is 11.3 Å². The predicted octanol–water partition coefficient (Wildman–Crippen LogP) is 3.64. The molecule has 2 saturated heterocycles. The van der Waals surface area contributed by atoms with Crippen molar-refractivity contribution in [2.45, 2.75) is 25.9 Å². The number of fused-ring (bicyclic) bond motifs is 8. The van der Waals surface area contributed by atoms with Crippen LogP contribution in [0.5, 0.6) is 5.75 Å². The molecule has 7 rings (SSSR count). The third kappa shape index (κ3) is 7.69. The van der Waals surface area contributed by atoms with E-state index in [0.29, 0.717) is 24.7 Å². The number of nitrogens with one attached hydrogen (secondary N) is 1. The Bertz CT molecular complexity index is 1400. The lowest BCUT2D eigenvalue weighted by atomic mass is 10.1. The van der Waals surface area contributed by atoms with Crippen molar-refractivity contribution >= 4 is 23.1 Å². The highest BCUT2D eigenvalue weighted by Crippen LogP contribution is 2.29. The molecule has 2 fully saturated rings. The van der Waals surface area contributed by atoms with Crippen LogP contribution >= 0.6 is 0 Å². The molecular formula is C33H43N7O3. The topological polar surface area (TPSA) is 86.3 Å². The monoisotopic (exact) mass is 585 g/mol. The number of hydrogen-bond acceptors (Lipinski definition) is 10. The van der Waals surface area contributed by atoms with Gasteiger partial charge in [-0.1, -0.05) is 0 Å². The SMILES string of the molecule is COc1ccc2cc1CN(C)CCCC(=O)CN1CCN(CC1)Cc1cc(cc(N3CCOCC3)c1)Nc1nccc-2n1. The largest absolute Gasteiger partial charge is 0.496 e. The summed E-state index contributed by atoms with van der Waals surface area (Å²) < 4.78 is 11.3. The molecule has 43 heavy (non-hydrogen) atoms. The van der Waals surface area contributed by atoms with Crippen LogP contribution in [0.2, 0.25) is 0 Å². The number of carbonyl (C=O) groups excluding carboxylic acids is 1. The number of aromatic nitrogens is 2. The van der Waals surface area contributed by atoms with E-state index in [-0.39, 0.29) is 0 Å². The summed E-state index contributed by atoms with van der Waals surface area (Å²) in [5, 5.41) is 3.51. The van der Waals surface area contributed by atoms with Crippen LogP contribution in [-0.2, 0) is 22.6 Å². The maximum atomic E-state index is 12.8. The number of nitrogens with zero attached hydrogens (tertiary/aromatic N) is 6. The van der Waals surface area contributed by atoms with E-state index < -0.39 is 0 Å². The molecule has 1 N–H and O–H groups in total. The van der Waals surface area contributed by atoms with E-state index in [9.17, 15) is 4.79 Å². The van der Waals surface area contributed by atoms with Gasteiger partial charge in [-0.05, 0) is 68.0 Å². The first-order chi connectivity index (χ1) is 21.0. The number of benzene rings is 2. The standard InChI is InChI=1S/C33H43N7O3/c1-37-9-3-4-30(41)24-39-12-10-38(11-13-39)22-25-18-28(21-29(19-25)40-14-16-43-17-15-40)35-33-34-8-7-31(36-33)26-5-6-32(42-2)27(20-26)23-37/h5-8,18-21H,3-4,9-17,22-24H2,1-2H3,(H,34,35,36). The highest BCUT2D eigenvalue weighted by atomic mass is 16.5. The first kappa shape index (κ1) is 29.5. The van der Waals surface area contributed by atoms with Crippen molar-refractivity contribution in [1.29, 1.82) is 0 Å². The van der Waals surface area contributed by atoms with Crippen molar-refractivity contribution < 1.29 is 14.3 Å². The fourth-order valence-corrected chi connectivity index (χ4v) is 6.22. The Morgan fingerprint density at radius 2 is 1.67 bits per heavy atom. The number of ketones is 1. The Balaban J connectivity index is 1.33. The third-order valence-corrected chi connectivity index (χ3v) is 8.55.